The standard InChI is InChI=1S/C19H18FN5O2/c20-15-4-2-1-3-14(15)19(26)25-9-5-13(6-10-25)11-17-23-18(24-27-17)16-12-21-7-8-22-16/h1-4,7-8,12-13H,5-6,9-11H2. The fraction of sp³-hybridized carbons (Fsp3) is 0.316. The molecule has 27 heavy (non-hydrogen) atoms. The maximum absolute atomic E-state index is 13.8. The first-order valence-corrected chi connectivity index (χ1v) is 8.83. The Hall–Kier alpha value is -3.16. The number of nitrogens with zero attached hydrogens (tertiary/aromatic N) is 5. The lowest BCUT2D eigenvalue weighted by Gasteiger charge is -2.31. The van der Waals surface area contributed by atoms with Gasteiger partial charge in [-0.05, 0) is 30.9 Å². The van der Waals surface area contributed by atoms with Gasteiger partial charge in [-0.25, -0.2) is 9.37 Å². The number of carbonyl (C=O) groups excluding carboxylic acids is 1. The number of carbonyl (C=O) groups is 1. The van der Waals surface area contributed by atoms with Crippen LogP contribution < -0.4 is 0 Å². The topological polar surface area (TPSA) is 85.0 Å². The number of hydrogen-bond donors (Lipinski definition) is 0. The molecule has 1 aliphatic heterocycles. The molecule has 1 aromatic carbocycles. The predicted octanol–water partition coefficient (Wildman–Crippen LogP) is 2.76. The van der Waals surface area contributed by atoms with Gasteiger partial charge in [0.25, 0.3) is 5.91 Å². The molecule has 1 amide bonds. The van der Waals surface area contributed by atoms with Crippen molar-refractivity contribution in [1.29, 1.82) is 0 Å². The van der Waals surface area contributed by atoms with Crippen molar-refractivity contribution in [3.05, 3.63) is 60.1 Å². The van der Waals surface area contributed by atoms with E-state index in [0.717, 1.165) is 12.8 Å². The lowest BCUT2D eigenvalue weighted by atomic mass is 9.93. The van der Waals surface area contributed by atoms with E-state index in [1.165, 1.54) is 12.1 Å². The maximum Gasteiger partial charge on any atom is 0.256 e. The summed E-state index contributed by atoms with van der Waals surface area (Å²) in [7, 11) is 0. The Bertz CT molecular complexity index is 923. The van der Waals surface area contributed by atoms with Gasteiger partial charge in [-0.1, -0.05) is 17.3 Å². The van der Waals surface area contributed by atoms with Gasteiger partial charge in [0.2, 0.25) is 11.7 Å². The normalized spacial score (nSPS) is 15.1. The highest BCUT2D eigenvalue weighted by Crippen LogP contribution is 2.23. The van der Waals surface area contributed by atoms with E-state index in [2.05, 4.69) is 20.1 Å². The fourth-order valence-electron chi connectivity index (χ4n) is 3.25. The van der Waals surface area contributed by atoms with Gasteiger partial charge in [0.15, 0.2) is 0 Å². The number of piperidine rings is 1. The van der Waals surface area contributed by atoms with Crippen molar-refractivity contribution >= 4 is 5.91 Å². The van der Waals surface area contributed by atoms with Gasteiger partial charge in [-0.2, -0.15) is 4.98 Å². The van der Waals surface area contributed by atoms with Crippen molar-refractivity contribution < 1.29 is 13.7 Å². The third-order valence-electron chi connectivity index (χ3n) is 4.73. The van der Waals surface area contributed by atoms with Gasteiger partial charge in [0.1, 0.15) is 11.5 Å². The predicted molar refractivity (Wildman–Crippen MR) is 94.1 cm³/mol. The molecule has 3 heterocycles. The third kappa shape index (κ3) is 3.84. The second kappa shape index (κ2) is 7.61. The number of hydrogen-bond acceptors (Lipinski definition) is 6. The zero-order valence-electron chi connectivity index (χ0n) is 14.6. The van der Waals surface area contributed by atoms with Gasteiger partial charge in [-0.15, -0.1) is 0 Å². The summed E-state index contributed by atoms with van der Waals surface area (Å²) in [6.07, 6.45) is 7.01. The van der Waals surface area contributed by atoms with Gasteiger partial charge >= 0.3 is 0 Å². The van der Waals surface area contributed by atoms with Crippen LogP contribution >= 0.6 is 0 Å². The average molecular weight is 367 g/mol. The average Bonchev–Trinajstić information content (AvgIpc) is 3.18. The second-order valence-electron chi connectivity index (χ2n) is 6.52. The lowest BCUT2D eigenvalue weighted by Crippen LogP contribution is -2.39. The molecular weight excluding hydrogens is 349 g/mol. The Balaban J connectivity index is 1.34. The van der Waals surface area contributed by atoms with Crippen LogP contribution in [0.15, 0.2) is 47.4 Å². The Morgan fingerprint density at radius 1 is 1.22 bits per heavy atom. The van der Waals surface area contributed by atoms with Crippen molar-refractivity contribution in [2.45, 2.75) is 19.3 Å². The Morgan fingerprint density at radius 3 is 2.78 bits per heavy atom. The molecule has 0 atom stereocenters. The SMILES string of the molecule is O=C(c1ccccc1F)N1CCC(Cc2nc(-c3cnccn3)no2)CC1. The second-order valence-corrected chi connectivity index (χ2v) is 6.52. The maximum atomic E-state index is 13.8. The van der Waals surface area contributed by atoms with Crippen LogP contribution in [0.1, 0.15) is 29.1 Å². The largest absolute Gasteiger partial charge is 0.339 e. The summed E-state index contributed by atoms with van der Waals surface area (Å²) < 4.78 is 19.1. The molecule has 0 aliphatic carbocycles. The number of rotatable bonds is 4. The number of benzene rings is 1. The molecule has 3 aromatic rings. The van der Waals surface area contributed by atoms with E-state index in [4.69, 9.17) is 4.52 Å². The van der Waals surface area contributed by atoms with Crippen LogP contribution in [-0.4, -0.2) is 44.0 Å². The van der Waals surface area contributed by atoms with Crippen molar-refractivity contribution in [2.75, 3.05) is 13.1 Å². The number of amides is 1. The molecule has 4 rings (SSSR count). The molecule has 0 unspecified atom stereocenters. The van der Waals surface area contributed by atoms with E-state index in [9.17, 15) is 9.18 Å². The Labute approximate surface area is 155 Å². The van der Waals surface area contributed by atoms with Gasteiger partial charge in [0, 0.05) is 31.9 Å². The summed E-state index contributed by atoms with van der Waals surface area (Å²) in [5, 5.41) is 3.95. The number of halogens is 1. The lowest BCUT2D eigenvalue weighted by molar-refractivity contribution is 0.0683. The summed E-state index contributed by atoms with van der Waals surface area (Å²) in [6, 6.07) is 6.09. The zero-order valence-corrected chi connectivity index (χ0v) is 14.6. The summed E-state index contributed by atoms with van der Waals surface area (Å²) >= 11 is 0. The van der Waals surface area contributed by atoms with Crippen LogP contribution in [-0.2, 0) is 6.42 Å². The summed E-state index contributed by atoms with van der Waals surface area (Å²) in [5.41, 5.74) is 0.694. The molecule has 1 fully saturated rings. The van der Waals surface area contributed by atoms with Crippen molar-refractivity contribution in [2.24, 2.45) is 5.92 Å². The highest BCUT2D eigenvalue weighted by atomic mass is 19.1. The van der Waals surface area contributed by atoms with E-state index in [1.54, 1.807) is 35.6 Å². The molecule has 1 aliphatic rings. The molecule has 138 valence electrons. The summed E-state index contributed by atoms with van der Waals surface area (Å²) in [4.78, 5) is 26.7. The van der Waals surface area contributed by atoms with Gasteiger partial charge < -0.3 is 9.42 Å². The molecule has 1 saturated heterocycles. The van der Waals surface area contributed by atoms with Crippen LogP contribution in [0, 0.1) is 11.7 Å². The third-order valence-corrected chi connectivity index (χ3v) is 4.73. The molecule has 8 heteroatoms. The minimum absolute atomic E-state index is 0.126. The Kier molecular flexibility index (Phi) is 4.86. The van der Waals surface area contributed by atoms with E-state index in [1.807, 2.05) is 0 Å². The van der Waals surface area contributed by atoms with Crippen LogP contribution in [0.5, 0.6) is 0 Å². The Morgan fingerprint density at radius 2 is 2.04 bits per heavy atom. The number of aromatic nitrogens is 4. The van der Waals surface area contributed by atoms with Crippen molar-refractivity contribution in [3.63, 3.8) is 0 Å². The van der Waals surface area contributed by atoms with E-state index in [-0.39, 0.29) is 11.5 Å². The molecular formula is C19H18FN5O2. The quantitative estimate of drug-likeness (QED) is 0.705. The zero-order chi connectivity index (χ0) is 18.6. The highest BCUT2D eigenvalue weighted by molar-refractivity contribution is 5.94. The van der Waals surface area contributed by atoms with E-state index < -0.39 is 5.82 Å². The first kappa shape index (κ1) is 17.3. The summed E-state index contributed by atoms with van der Waals surface area (Å²) in [6.45, 7) is 1.17. The minimum atomic E-state index is -0.480. The molecule has 0 spiro atoms. The first-order valence-electron chi connectivity index (χ1n) is 8.83. The minimum Gasteiger partial charge on any atom is -0.339 e. The fourth-order valence-corrected chi connectivity index (χ4v) is 3.25. The van der Waals surface area contributed by atoms with Crippen LogP contribution in [0.2, 0.25) is 0 Å². The van der Waals surface area contributed by atoms with E-state index in [0.29, 0.717) is 42.8 Å². The van der Waals surface area contributed by atoms with Crippen LogP contribution in [0.4, 0.5) is 4.39 Å². The molecule has 2 aromatic heterocycles. The van der Waals surface area contributed by atoms with Crippen molar-refractivity contribution in [3.8, 4) is 11.5 Å². The molecule has 0 bridgehead atoms. The monoisotopic (exact) mass is 367 g/mol. The van der Waals surface area contributed by atoms with Crippen LogP contribution in [0.3, 0.4) is 0 Å². The first-order chi connectivity index (χ1) is 13.2. The van der Waals surface area contributed by atoms with Crippen LogP contribution in [0.25, 0.3) is 11.5 Å². The highest BCUT2D eigenvalue weighted by Gasteiger charge is 2.26. The van der Waals surface area contributed by atoms with E-state index >= 15 is 0 Å². The molecule has 0 saturated carbocycles. The molecule has 7 nitrogen and oxygen atoms in total. The summed E-state index contributed by atoms with van der Waals surface area (Å²) in [5.74, 6) is 0.575. The molecule has 0 radical (unpaired) electrons. The van der Waals surface area contributed by atoms with Gasteiger partial charge in [-0.3, -0.25) is 9.78 Å². The molecule has 0 N–H and O–H groups in total. The van der Waals surface area contributed by atoms with Gasteiger partial charge in [0.05, 0.1) is 11.8 Å². The smallest absolute Gasteiger partial charge is 0.256 e. The number of likely N-dealkylation sites (tertiary alicyclic amines) is 1. The van der Waals surface area contributed by atoms with Crippen molar-refractivity contribution in [1.82, 2.24) is 25.0 Å².